The Bertz CT molecular complexity index is 842. The number of carbonyl (C=O) groups excluding carboxylic acids is 2. The maximum absolute atomic E-state index is 12.2. The highest BCUT2D eigenvalue weighted by molar-refractivity contribution is 5.81. The average Bonchev–Trinajstić information content (AvgIpc) is 2.76. The molecule has 0 spiro atoms. The number of esters is 1. The Kier molecular flexibility index (Phi) is 7.11. The molecular weight excluding hydrogens is 370 g/mol. The molecule has 6 nitrogen and oxygen atoms in total. The van der Waals surface area contributed by atoms with Gasteiger partial charge in [-0.2, -0.15) is 0 Å². The Morgan fingerprint density at radius 3 is 2.52 bits per heavy atom. The molecule has 1 aliphatic rings. The number of carbonyl (C=O) groups is 2. The van der Waals surface area contributed by atoms with Gasteiger partial charge < -0.3 is 19.5 Å². The molecule has 2 aromatic carbocycles. The summed E-state index contributed by atoms with van der Waals surface area (Å²) in [6.45, 7) is -0.265. The molecule has 0 aliphatic heterocycles. The van der Waals surface area contributed by atoms with Gasteiger partial charge in [-0.15, -0.1) is 0 Å². The number of hydrogen-bond acceptors (Lipinski definition) is 5. The van der Waals surface area contributed by atoms with Crippen LogP contribution in [0.1, 0.15) is 42.0 Å². The molecule has 0 aromatic heterocycles. The zero-order chi connectivity index (χ0) is 20.6. The van der Waals surface area contributed by atoms with Crippen LogP contribution >= 0.6 is 0 Å². The summed E-state index contributed by atoms with van der Waals surface area (Å²) in [5.41, 5.74) is 3.33. The van der Waals surface area contributed by atoms with Gasteiger partial charge in [0, 0.05) is 12.5 Å². The van der Waals surface area contributed by atoms with Gasteiger partial charge in [-0.25, -0.2) is 0 Å². The summed E-state index contributed by atoms with van der Waals surface area (Å²) in [5, 5.41) is 2.99. The van der Waals surface area contributed by atoms with E-state index in [2.05, 4.69) is 11.4 Å². The largest absolute Gasteiger partial charge is 0.497 e. The van der Waals surface area contributed by atoms with Crippen molar-refractivity contribution in [1.29, 1.82) is 0 Å². The summed E-state index contributed by atoms with van der Waals surface area (Å²) >= 11 is 0. The van der Waals surface area contributed by atoms with Crippen molar-refractivity contribution in [2.24, 2.45) is 0 Å². The maximum atomic E-state index is 12.2. The molecule has 1 aliphatic carbocycles. The van der Waals surface area contributed by atoms with Crippen LogP contribution in [0.2, 0.25) is 0 Å². The summed E-state index contributed by atoms with van der Waals surface area (Å²) in [5.74, 6) is 0.647. The highest BCUT2D eigenvalue weighted by atomic mass is 16.5. The number of amides is 1. The topological polar surface area (TPSA) is 73.9 Å². The lowest BCUT2D eigenvalue weighted by atomic mass is 9.88. The minimum Gasteiger partial charge on any atom is -0.497 e. The van der Waals surface area contributed by atoms with Crippen LogP contribution in [0, 0.1) is 0 Å². The SMILES string of the molecule is COc1cc(CCC(=O)OCC(=O)N[C@H]2CCCc3ccccc32)cc(OC)c1. The number of ether oxygens (including phenoxy) is 3. The molecule has 0 fully saturated rings. The Morgan fingerprint density at radius 2 is 1.79 bits per heavy atom. The molecule has 0 radical (unpaired) electrons. The molecule has 29 heavy (non-hydrogen) atoms. The minimum absolute atomic E-state index is 0.0181. The number of nitrogens with one attached hydrogen (secondary N) is 1. The molecule has 6 heteroatoms. The van der Waals surface area contributed by atoms with Crippen LogP contribution in [0.15, 0.2) is 42.5 Å². The van der Waals surface area contributed by atoms with Gasteiger partial charge in [0.1, 0.15) is 11.5 Å². The van der Waals surface area contributed by atoms with Crippen LogP contribution in [0.4, 0.5) is 0 Å². The zero-order valence-corrected chi connectivity index (χ0v) is 16.9. The van der Waals surface area contributed by atoms with Crippen molar-refractivity contribution >= 4 is 11.9 Å². The number of methoxy groups -OCH3 is 2. The fraction of sp³-hybridized carbons (Fsp3) is 0.391. The normalized spacial score (nSPS) is 15.2. The number of fused-ring (bicyclic) bond motifs is 1. The van der Waals surface area contributed by atoms with E-state index in [0.717, 1.165) is 30.4 Å². The quantitative estimate of drug-likeness (QED) is 0.692. The van der Waals surface area contributed by atoms with Gasteiger partial charge in [-0.05, 0) is 54.5 Å². The number of rotatable bonds is 8. The second-order valence-electron chi connectivity index (χ2n) is 7.09. The molecule has 1 atom stereocenters. The second kappa shape index (κ2) is 9.96. The van der Waals surface area contributed by atoms with Gasteiger partial charge in [-0.1, -0.05) is 24.3 Å². The highest BCUT2D eigenvalue weighted by Crippen LogP contribution is 2.29. The monoisotopic (exact) mass is 397 g/mol. The van der Waals surface area contributed by atoms with Crippen LogP contribution < -0.4 is 14.8 Å². The Labute approximate surface area is 171 Å². The van der Waals surface area contributed by atoms with Gasteiger partial charge in [-0.3, -0.25) is 9.59 Å². The predicted octanol–water partition coefficient (Wildman–Crippen LogP) is 3.37. The molecule has 0 saturated carbocycles. The first kappa shape index (κ1) is 20.7. The van der Waals surface area contributed by atoms with Crippen LogP contribution in [-0.2, 0) is 27.2 Å². The van der Waals surface area contributed by atoms with Gasteiger partial charge in [0.15, 0.2) is 6.61 Å². The lowest BCUT2D eigenvalue weighted by Gasteiger charge is -2.26. The van der Waals surface area contributed by atoms with Crippen LogP contribution in [0.3, 0.4) is 0 Å². The van der Waals surface area contributed by atoms with Crippen molar-refractivity contribution in [1.82, 2.24) is 5.32 Å². The van der Waals surface area contributed by atoms with Crippen molar-refractivity contribution in [3.05, 3.63) is 59.2 Å². The lowest BCUT2D eigenvalue weighted by Crippen LogP contribution is -2.34. The maximum Gasteiger partial charge on any atom is 0.306 e. The summed E-state index contributed by atoms with van der Waals surface area (Å²) in [4.78, 5) is 24.3. The first-order chi connectivity index (χ1) is 14.1. The van der Waals surface area contributed by atoms with Crippen molar-refractivity contribution in [2.75, 3.05) is 20.8 Å². The fourth-order valence-corrected chi connectivity index (χ4v) is 3.62. The molecule has 154 valence electrons. The van der Waals surface area contributed by atoms with Gasteiger partial charge in [0.05, 0.1) is 20.3 Å². The molecule has 0 heterocycles. The highest BCUT2D eigenvalue weighted by Gasteiger charge is 2.21. The molecule has 0 saturated heterocycles. The predicted molar refractivity (Wildman–Crippen MR) is 109 cm³/mol. The van der Waals surface area contributed by atoms with Crippen molar-refractivity contribution in [2.45, 2.75) is 38.1 Å². The number of benzene rings is 2. The van der Waals surface area contributed by atoms with E-state index in [1.54, 1.807) is 20.3 Å². The van der Waals surface area contributed by atoms with Crippen molar-refractivity contribution < 1.29 is 23.8 Å². The average molecular weight is 397 g/mol. The van der Waals surface area contributed by atoms with E-state index in [0.29, 0.717) is 17.9 Å². The standard InChI is InChI=1S/C23H27NO5/c1-27-18-12-16(13-19(14-18)28-2)10-11-23(26)29-15-22(25)24-21-9-5-7-17-6-3-4-8-20(17)21/h3-4,6,8,12-14,21H,5,7,9-11,15H2,1-2H3,(H,24,25)/t21-/m0/s1. The summed E-state index contributed by atoms with van der Waals surface area (Å²) in [6, 6.07) is 13.6. The van der Waals surface area contributed by atoms with E-state index >= 15 is 0 Å². The summed E-state index contributed by atoms with van der Waals surface area (Å²) < 4.78 is 15.6. The van der Waals surface area contributed by atoms with E-state index in [1.807, 2.05) is 30.3 Å². The van der Waals surface area contributed by atoms with Crippen molar-refractivity contribution in [3.63, 3.8) is 0 Å². The molecule has 1 amide bonds. The third kappa shape index (κ3) is 5.73. The van der Waals surface area contributed by atoms with Gasteiger partial charge in [0.2, 0.25) is 0 Å². The lowest BCUT2D eigenvalue weighted by molar-refractivity contribution is -0.148. The molecular formula is C23H27NO5. The van der Waals surface area contributed by atoms with E-state index < -0.39 is 5.97 Å². The van der Waals surface area contributed by atoms with Crippen LogP contribution in [0.25, 0.3) is 0 Å². The Hall–Kier alpha value is -3.02. The van der Waals surface area contributed by atoms with E-state index in [4.69, 9.17) is 14.2 Å². The Morgan fingerprint density at radius 1 is 1.07 bits per heavy atom. The summed E-state index contributed by atoms with van der Waals surface area (Å²) in [7, 11) is 3.16. The third-order valence-electron chi connectivity index (χ3n) is 5.10. The minimum atomic E-state index is -0.411. The van der Waals surface area contributed by atoms with Crippen molar-refractivity contribution in [3.8, 4) is 11.5 Å². The molecule has 1 N–H and O–H groups in total. The molecule has 0 bridgehead atoms. The molecule has 3 rings (SSSR count). The van der Waals surface area contributed by atoms with E-state index in [1.165, 1.54) is 5.56 Å². The zero-order valence-electron chi connectivity index (χ0n) is 16.9. The van der Waals surface area contributed by atoms with Gasteiger partial charge in [0.25, 0.3) is 5.91 Å². The van der Waals surface area contributed by atoms with E-state index in [9.17, 15) is 9.59 Å². The third-order valence-corrected chi connectivity index (χ3v) is 5.10. The number of aryl methyl sites for hydroxylation is 2. The van der Waals surface area contributed by atoms with Crippen LogP contribution in [-0.4, -0.2) is 32.7 Å². The smallest absolute Gasteiger partial charge is 0.306 e. The van der Waals surface area contributed by atoms with E-state index in [-0.39, 0.29) is 25.0 Å². The van der Waals surface area contributed by atoms with Crippen LogP contribution in [0.5, 0.6) is 11.5 Å². The fourth-order valence-electron chi connectivity index (χ4n) is 3.62. The molecule has 2 aromatic rings. The first-order valence-corrected chi connectivity index (χ1v) is 9.84. The second-order valence-corrected chi connectivity index (χ2v) is 7.09. The molecule has 0 unspecified atom stereocenters. The first-order valence-electron chi connectivity index (χ1n) is 9.84. The van der Waals surface area contributed by atoms with Gasteiger partial charge >= 0.3 is 5.97 Å². The summed E-state index contributed by atoms with van der Waals surface area (Å²) in [6.07, 6.45) is 3.62. The number of hydrogen-bond donors (Lipinski definition) is 1. The Balaban J connectivity index is 1.46.